The number of ether oxygens (including phenoxy) is 1. The highest BCUT2D eigenvalue weighted by Crippen LogP contribution is 2.30. The largest absolute Gasteiger partial charge is 0.484 e. The zero-order chi connectivity index (χ0) is 24.4. The van der Waals surface area contributed by atoms with Crippen LogP contribution in [0.1, 0.15) is 6.42 Å². The van der Waals surface area contributed by atoms with Gasteiger partial charge in [-0.25, -0.2) is 9.37 Å². The summed E-state index contributed by atoms with van der Waals surface area (Å²) >= 11 is 0. The van der Waals surface area contributed by atoms with Crippen molar-refractivity contribution in [1.82, 2.24) is 20.3 Å². The Kier molecular flexibility index (Phi) is 6.15. The number of rotatable bonds is 8. The highest BCUT2D eigenvalue weighted by atomic mass is 19.1. The SMILES string of the molecule is Nc1c(-c2nc3ccc(OCC(=O)NCC(O)CC(=O)O)cc3[nH]2)c(=O)[nH]c2cccc(F)c12. The van der Waals surface area contributed by atoms with E-state index >= 15 is 0 Å². The number of aliphatic hydroxyl groups is 1. The lowest BCUT2D eigenvalue weighted by Crippen LogP contribution is -2.36. The number of nitrogens with zero attached hydrogens (tertiary/aromatic N) is 1. The summed E-state index contributed by atoms with van der Waals surface area (Å²) in [5, 5.41) is 20.5. The Hall–Kier alpha value is -4.45. The minimum absolute atomic E-state index is 0.00411. The molecule has 1 amide bonds. The van der Waals surface area contributed by atoms with E-state index in [0.29, 0.717) is 16.8 Å². The number of amides is 1. The summed E-state index contributed by atoms with van der Waals surface area (Å²) in [6.45, 7) is -0.595. The molecule has 34 heavy (non-hydrogen) atoms. The topological polar surface area (TPSA) is 183 Å². The zero-order valence-electron chi connectivity index (χ0n) is 17.6. The molecule has 2 aromatic carbocycles. The van der Waals surface area contributed by atoms with Crippen LogP contribution >= 0.6 is 0 Å². The molecule has 0 saturated carbocycles. The van der Waals surface area contributed by atoms with Crippen LogP contribution < -0.4 is 21.3 Å². The molecule has 0 bridgehead atoms. The molecule has 4 rings (SSSR count). The smallest absolute Gasteiger partial charge is 0.306 e. The number of fused-ring (bicyclic) bond motifs is 2. The van der Waals surface area contributed by atoms with Gasteiger partial charge in [-0.2, -0.15) is 0 Å². The van der Waals surface area contributed by atoms with Gasteiger partial charge in [0.1, 0.15) is 23.0 Å². The van der Waals surface area contributed by atoms with Gasteiger partial charge in [0.2, 0.25) is 0 Å². The Labute approximate surface area is 190 Å². The monoisotopic (exact) mass is 469 g/mol. The molecule has 2 heterocycles. The number of aliphatic hydroxyl groups excluding tert-OH is 1. The van der Waals surface area contributed by atoms with Crippen molar-refractivity contribution in [3.05, 3.63) is 52.6 Å². The fourth-order valence-corrected chi connectivity index (χ4v) is 3.47. The van der Waals surface area contributed by atoms with E-state index in [4.69, 9.17) is 15.6 Å². The van der Waals surface area contributed by atoms with Crippen LogP contribution in [0.2, 0.25) is 0 Å². The van der Waals surface area contributed by atoms with Crippen molar-refractivity contribution in [2.45, 2.75) is 12.5 Å². The molecule has 0 spiro atoms. The van der Waals surface area contributed by atoms with E-state index in [2.05, 4.69) is 20.3 Å². The van der Waals surface area contributed by atoms with Crippen LogP contribution in [0.25, 0.3) is 33.3 Å². The van der Waals surface area contributed by atoms with E-state index in [-0.39, 0.29) is 41.1 Å². The number of nitrogen functional groups attached to an aromatic ring is 1. The van der Waals surface area contributed by atoms with Crippen LogP contribution in [-0.2, 0) is 9.59 Å². The highest BCUT2D eigenvalue weighted by Gasteiger charge is 2.18. The van der Waals surface area contributed by atoms with E-state index in [9.17, 15) is 23.9 Å². The van der Waals surface area contributed by atoms with Crippen molar-refractivity contribution in [2.24, 2.45) is 0 Å². The molecular weight excluding hydrogens is 449 g/mol. The summed E-state index contributed by atoms with van der Waals surface area (Å²) in [5.74, 6) is -1.85. The van der Waals surface area contributed by atoms with Crippen molar-refractivity contribution in [2.75, 3.05) is 18.9 Å². The average molecular weight is 469 g/mol. The van der Waals surface area contributed by atoms with Gasteiger partial charge in [-0.3, -0.25) is 14.4 Å². The zero-order valence-corrected chi connectivity index (χ0v) is 17.6. The molecule has 4 aromatic rings. The number of carboxylic acids is 1. The van der Waals surface area contributed by atoms with Gasteiger partial charge in [0, 0.05) is 12.6 Å². The summed E-state index contributed by atoms with van der Waals surface area (Å²) in [7, 11) is 0. The number of aliphatic carboxylic acids is 1. The lowest BCUT2D eigenvalue weighted by molar-refractivity contribution is -0.139. The number of hydrogen-bond donors (Lipinski definition) is 6. The van der Waals surface area contributed by atoms with Crippen molar-refractivity contribution in [3.63, 3.8) is 0 Å². The number of aromatic nitrogens is 3. The normalized spacial score (nSPS) is 12.1. The third-order valence-electron chi connectivity index (χ3n) is 5.03. The fraction of sp³-hybridized carbons (Fsp3) is 0.182. The summed E-state index contributed by atoms with van der Waals surface area (Å²) in [6, 6.07) is 8.98. The molecule has 12 heteroatoms. The second-order valence-electron chi connectivity index (χ2n) is 7.51. The number of hydrogen-bond acceptors (Lipinski definition) is 7. The van der Waals surface area contributed by atoms with Crippen LogP contribution in [0.15, 0.2) is 41.2 Å². The first kappa shape index (κ1) is 22.7. The van der Waals surface area contributed by atoms with E-state index in [1.54, 1.807) is 24.3 Å². The first-order chi connectivity index (χ1) is 16.2. The number of halogens is 1. The number of carboxylic acid groups (broad SMARTS) is 1. The van der Waals surface area contributed by atoms with Crippen LogP contribution in [0.3, 0.4) is 0 Å². The standard InChI is InChI=1S/C22H20FN5O6/c23-12-2-1-3-14-18(12)20(24)19(22(33)28-14)21-26-13-5-4-11(7-15(13)27-21)34-9-16(30)25-8-10(29)6-17(31)32/h1-5,7,10,29H,6,8-9H2,(H,25,30)(H,26,27)(H,31,32)(H3,24,28,33). The van der Waals surface area contributed by atoms with Crippen LogP contribution in [0.5, 0.6) is 5.75 Å². The number of aromatic amines is 2. The molecule has 0 aliphatic heterocycles. The molecule has 11 nitrogen and oxygen atoms in total. The Morgan fingerprint density at radius 1 is 1.21 bits per heavy atom. The summed E-state index contributed by atoms with van der Waals surface area (Å²) in [4.78, 5) is 44.9. The number of benzene rings is 2. The number of anilines is 1. The van der Waals surface area contributed by atoms with Crippen molar-refractivity contribution in [1.29, 1.82) is 0 Å². The summed E-state index contributed by atoms with van der Waals surface area (Å²) < 4.78 is 19.7. The summed E-state index contributed by atoms with van der Waals surface area (Å²) in [5.41, 5.74) is 6.77. The molecule has 0 aliphatic carbocycles. The van der Waals surface area contributed by atoms with Gasteiger partial charge in [0.25, 0.3) is 11.5 Å². The molecular formula is C22H20FN5O6. The second-order valence-corrected chi connectivity index (χ2v) is 7.51. The first-order valence-corrected chi connectivity index (χ1v) is 10.1. The van der Waals surface area contributed by atoms with E-state index in [0.717, 1.165) is 0 Å². The van der Waals surface area contributed by atoms with E-state index < -0.39 is 35.8 Å². The molecule has 0 fully saturated rings. The maximum Gasteiger partial charge on any atom is 0.306 e. The molecule has 0 aliphatic rings. The molecule has 1 unspecified atom stereocenters. The minimum atomic E-state index is -1.21. The van der Waals surface area contributed by atoms with Crippen LogP contribution in [0.4, 0.5) is 10.1 Å². The predicted octanol–water partition coefficient (Wildman–Crippen LogP) is 1.12. The van der Waals surface area contributed by atoms with E-state index in [1.807, 2.05) is 0 Å². The molecule has 2 aromatic heterocycles. The molecule has 176 valence electrons. The molecule has 0 radical (unpaired) electrons. The number of carbonyl (C=O) groups excluding carboxylic acids is 1. The molecule has 1 atom stereocenters. The maximum atomic E-state index is 14.3. The number of carbonyl (C=O) groups is 2. The third-order valence-corrected chi connectivity index (χ3v) is 5.03. The Balaban J connectivity index is 1.52. The van der Waals surface area contributed by atoms with E-state index in [1.165, 1.54) is 12.1 Å². The Bertz CT molecular complexity index is 1460. The second kappa shape index (κ2) is 9.19. The quantitative estimate of drug-likeness (QED) is 0.222. The van der Waals surface area contributed by atoms with Crippen molar-refractivity contribution in [3.8, 4) is 17.1 Å². The molecule has 0 saturated heterocycles. The predicted molar refractivity (Wildman–Crippen MR) is 121 cm³/mol. The third kappa shape index (κ3) is 4.66. The first-order valence-electron chi connectivity index (χ1n) is 10.1. The molecule has 7 N–H and O–H groups in total. The van der Waals surface area contributed by atoms with Crippen LogP contribution in [-0.4, -0.2) is 56.3 Å². The number of H-pyrrole nitrogens is 2. The number of pyridine rings is 1. The lowest BCUT2D eigenvalue weighted by Gasteiger charge is -2.10. The highest BCUT2D eigenvalue weighted by molar-refractivity contribution is 5.98. The number of nitrogens with two attached hydrogens (primary N) is 1. The average Bonchev–Trinajstić information content (AvgIpc) is 3.18. The number of nitrogens with one attached hydrogen (secondary N) is 3. The summed E-state index contributed by atoms with van der Waals surface area (Å²) in [6.07, 6.45) is -1.70. The van der Waals surface area contributed by atoms with Gasteiger partial charge in [0.15, 0.2) is 6.61 Å². The maximum absolute atomic E-state index is 14.3. The minimum Gasteiger partial charge on any atom is -0.484 e. The van der Waals surface area contributed by atoms with Crippen molar-refractivity contribution < 1.29 is 28.9 Å². The van der Waals surface area contributed by atoms with Crippen LogP contribution in [0, 0.1) is 5.82 Å². The van der Waals surface area contributed by atoms with Crippen molar-refractivity contribution >= 4 is 39.5 Å². The van der Waals surface area contributed by atoms with Gasteiger partial charge in [0.05, 0.1) is 40.1 Å². The number of imidazole rings is 1. The Morgan fingerprint density at radius 3 is 2.76 bits per heavy atom. The van der Waals surface area contributed by atoms with Gasteiger partial charge >= 0.3 is 5.97 Å². The van der Waals surface area contributed by atoms with Gasteiger partial charge in [-0.1, -0.05) is 6.07 Å². The van der Waals surface area contributed by atoms with Gasteiger partial charge < -0.3 is 36.0 Å². The van der Waals surface area contributed by atoms with Gasteiger partial charge in [-0.05, 0) is 24.3 Å². The van der Waals surface area contributed by atoms with Gasteiger partial charge in [-0.15, -0.1) is 0 Å². The lowest BCUT2D eigenvalue weighted by atomic mass is 10.1. The fourth-order valence-electron chi connectivity index (χ4n) is 3.47. The Morgan fingerprint density at radius 2 is 2.00 bits per heavy atom.